The van der Waals surface area contributed by atoms with Gasteiger partial charge in [0.1, 0.15) is 81.8 Å². The number of nitrogens with zero attached hydrogens (tertiary/aromatic N) is 17. The first-order valence-corrected chi connectivity index (χ1v) is 41.2. The Morgan fingerprint density at radius 3 is 1.21 bits per heavy atom. The third kappa shape index (κ3) is 32.9. The smallest absolute Gasteiger partial charge is 0.288 e. The number of hydrogen-bond donors (Lipinski definition) is 2. The van der Waals surface area contributed by atoms with E-state index >= 15 is 0 Å². The minimum Gasteiger partial charge on any atom is -0.352 e. The summed E-state index contributed by atoms with van der Waals surface area (Å²) in [6.45, 7) is 45.5. The summed E-state index contributed by atoms with van der Waals surface area (Å²) in [5, 5.41) is 29.6. The lowest BCUT2D eigenvalue weighted by atomic mass is 10.1. The second-order valence-corrected chi connectivity index (χ2v) is 33.1. The summed E-state index contributed by atoms with van der Waals surface area (Å²) >= 11 is 8.63. The average molecular weight is 1810 g/mol. The molecule has 10 heterocycles. The van der Waals surface area contributed by atoms with Crippen molar-refractivity contribution in [2.24, 2.45) is 0 Å². The second-order valence-electron chi connectivity index (χ2n) is 31.9. The van der Waals surface area contributed by atoms with E-state index in [2.05, 4.69) is 149 Å². The van der Waals surface area contributed by atoms with E-state index in [1.165, 1.54) is 48.8 Å². The molecule has 2 aliphatic carbocycles. The van der Waals surface area contributed by atoms with Crippen molar-refractivity contribution in [1.29, 1.82) is 0 Å². The van der Waals surface area contributed by atoms with Gasteiger partial charge < -0.3 is 14.1 Å². The van der Waals surface area contributed by atoms with Crippen molar-refractivity contribution < 1.29 is 70.2 Å². The Labute approximate surface area is 708 Å². The van der Waals surface area contributed by atoms with Crippen LogP contribution in [0.5, 0.6) is 0 Å². The molecule has 2 saturated carbocycles. The number of rotatable bonds is 22. The first kappa shape index (κ1) is 106. The third-order valence-corrected chi connectivity index (χ3v) is 19.0. The monoisotopic (exact) mass is 1800 g/mol. The number of alkyl halides is 16. The van der Waals surface area contributed by atoms with Crippen LogP contribution in [0.3, 0.4) is 0 Å². The van der Waals surface area contributed by atoms with Crippen LogP contribution < -0.4 is 0 Å². The number of hydrogen-bond acceptors (Lipinski definition) is 9. The van der Waals surface area contributed by atoms with Crippen molar-refractivity contribution in [3.63, 3.8) is 0 Å². The van der Waals surface area contributed by atoms with Crippen molar-refractivity contribution in [2.75, 3.05) is 0 Å². The standard InChI is InChI=1S/C12H17F3N2.C11H16F2N2.C9H12BrF3N2.C9H12ClF3N2.C9H13F3N2.C8H12F2N2.C7H11N.3C6H10N2/c1-6(2)17-11(12(14)15)9(8-4-5-8)10(16-17)7(3)13;1-7(2)15-9(8-4-5-8)6-10(14-15)11(3,12)13;2*1-4(2)15-8(9(12)13)6(10)7(14-15)5(3)11;1-5(2)14-8(9(11)12)4-7(13-14)6(3)10;1-6(2)12-5-4-7(11-12)8(3,9)10;1-7(2)8-5-3-4-6-8;1-6(2)8-4-3-7-5-8;1-5(2)6-7-3-4-8-6;1-5(2)6-3-4-7-8-6/h6-8,12H,4-5H2,1-3H3;6-8H,4-5H2,1-3H3;2*4-5,9H,1-3H3;4-6,9H,1-3H3;4-6H,1-3H3;3-7H,1-2H3;3-6H,1-2H3;2*3-5H,1-2H3,(H,7,8). The minimum absolute atomic E-state index is 0.0269. The van der Waals surface area contributed by atoms with E-state index in [1.54, 1.807) is 90.9 Å². The molecule has 120 heavy (non-hydrogen) atoms. The van der Waals surface area contributed by atoms with Gasteiger partial charge in [0.15, 0.2) is 0 Å². The molecule has 19 nitrogen and oxygen atoms in total. The van der Waals surface area contributed by atoms with Crippen molar-refractivity contribution in [1.82, 2.24) is 93.0 Å². The highest BCUT2D eigenvalue weighted by Gasteiger charge is 2.39. The molecule has 4 unspecified atom stereocenters. The molecule has 0 aliphatic heterocycles. The largest absolute Gasteiger partial charge is 0.352 e. The molecule has 2 N–H and O–H groups in total. The number of aromatic nitrogens is 19. The highest BCUT2D eigenvalue weighted by atomic mass is 79.9. The normalized spacial score (nSPS) is 13.9. The maximum atomic E-state index is 13.5. The quantitative estimate of drug-likeness (QED) is 0.0623. The summed E-state index contributed by atoms with van der Waals surface area (Å²) < 4.78 is 218. The van der Waals surface area contributed by atoms with Crippen molar-refractivity contribution >= 4 is 27.5 Å². The van der Waals surface area contributed by atoms with Gasteiger partial charge in [0.2, 0.25) is 0 Å². The van der Waals surface area contributed by atoms with Crippen molar-refractivity contribution in [2.45, 2.75) is 340 Å². The molecule has 10 aromatic rings. The average Bonchev–Trinajstić information content (AvgIpc) is 1.60. The summed E-state index contributed by atoms with van der Waals surface area (Å²) in [7, 11) is 0. The zero-order valence-corrected chi connectivity index (χ0v) is 75.8. The maximum Gasteiger partial charge on any atom is 0.288 e. The number of aromatic amines is 2. The predicted octanol–water partition coefficient (Wildman–Crippen LogP) is 28.6. The van der Waals surface area contributed by atoms with Crippen LogP contribution in [0.15, 0.2) is 96.8 Å². The number of imidazole rings is 2. The summed E-state index contributed by atoms with van der Waals surface area (Å²) in [4.78, 5) is 11.0. The zero-order valence-electron chi connectivity index (χ0n) is 73.4. The number of H-pyrrole nitrogens is 2. The minimum atomic E-state index is -2.83. The van der Waals surface area contributed by atoms with Gasteiger partial charge in [-0.1, -0.05) is 39.3 Å². The molecule has 676 valence electrons. The lowest BCUT2D eigenvalue weighted by Crippen LogP contribution is -2.11. The molecular weight excluding hydrogens is 1680 g/mol. The van der Waals surface area contributed by atoms with Gasteiger partial charge in [-0.25, -0.2) is 62.7 Å². The Bertz CT molecular complexity index is 4130. The van der Waals surface area contributed by atoms with E-state index in [0.29, 0.717) is 35.4 Å². The van der Waals surface area contributed by atoms with E-state index in [0.717, 1.165) is 71.2 Å². The van der Waals surface area contributed by atoms with E-state index in [-0.39, 0.29) is 103 Å². The van der Waals surface area contributed by atoms with Gasteiger partial charge in [-0.15, -0.1) is 0 Å². The maximum absolute atomic E-state index is 13.5. The van der Waals surface area contributed by atoms with E-state index in [9.17, 15) is 70.2 Å². The van der Waals surface area contributed by atoms with Crippen LogP contribution >= 0.6 is 27.5 Å². The molecule has 0 saturated heterocycles. The summed E-state index contributed by atoms with van der Waals surface area (Å²) in [5.41, 5.74) is 1.56. The predicted molar refractivity (Wildman–Crippen MR) is 442 cm³/mol. The Hall–Kier alpha value is -8.18. The van der Waals surface area contributed by atoms with E-state index < -0.39 is 67.9 Å². The van der Waals surface area contributed by atoms with Crippen LogP contribution in [0.1, 0.15) is 408 Å². The SMILES string of the molecule is CC(C)c1ccn[nH]1.CC(C)c1ncc[nH]1.CC(C)n1ccc(C(C)(F)F)n1.CC(C)n1cccc1.CC(C)n1ccnc1.CC(C)n1nc(C(C)(F)F)cc1C1CC1.CC(F)c1cc(C(F)F)n(C(C)C)n1.CC(F)c1nn(C(C)C)c(C(F)F)c1Br.CC(F)c1nn(C(C)C)c(C(F)F)c1C1CC1.CC(F)c1nn(C(C)C)c(C(F)F)c1Cl. The third-order valence-electron chi connectivity index (χ3n) is 17.8. The highest BCUT2D eigenvalue weighted by molar-refractivity contribution is 9.10. The van der Waals surface area contributed by atoms with Crippen LogP contribution in [0.2, 0.25) is 5.02 Å². The zero-order chi connectivity index (χ0) is 91.6. The fourth-order valence-electron chi connectivity index (χ4n) is 11.0. The summed E-state index contributed by atoms with van der Waals surface area (Å²) in [5.74, 6) is -2.98. The first-order chi connectivity index (χ1) is 55.6. The van der Waals surface area contributed by atoms with Gasteiger partial charge in [-0.05, 0) is 228 Å². The van der Waals surface area contributed by atoms with Gasteiger partial charge in [-0.3, -0.25) is 33.2 Å². The molecule has 12 rings (SSSR count). The van der Waals surface area contributed by atoms with Gasteiger partial charge in [0.25, 0.3) is 37.5 Å². The Morgan fingerprint density at radius 2 is 0.917 bits per heavy atom. The van der Waals surface area contributed by atoms with Gasteiger partial charge >= 0.3 is 0 Å². The van der Waals surface area contributed by atoms with Crippen LogP contribution in [0.25, 0.3) is 0 Å². The first-order valence-electron chi connectivity index (χ1n) is 40.1. The van der Waals surface area contributed by atoms with Gasteiger partial charge in [0.05, 0.1) is 21.5 Å². The molecule has 0 bridgehead atoms. The fourth-order valence-corrected chi connectivity index (χ4v) is 12.1. The molecule has 2 aliphatic rings. The lowest BCUT2D eigenvalue weighted by molar-refractivity contribution is 0.0113. The molecule has 2 fully saturated rings. The second kappa shape index (κ2) is 48.6. The molecule has 4 atom stereocenters. The lowest BCUT2D eigenvalue weighted by Gasteiger charge is -2.11. The van der Waals surface area contributed by atoms with E-state index in [1.807, 2.05) is 64.6 Å². The molecule has 10 aromatic heterocycles. The summed E-state index contributed by atoms with van der Waals surface area (Å²) in [6.07, 6.45) is 4.59. The van der Waals surface area contributed by atoms with Gasteiger partial charge in [-0.2, -0.15) is 53.3 Å². The molecular formula is C83H123BrClF16N19. The van der Waals surface area contributed by atoms with Crippen LogP contribution in [0, 0.1) is 0 Å². The molecule has 0 aromatic carbocycles. The van der Waals surface area contributed by atoms with Crippen LogP contribution in [0.4, 0.5) is 70.2 Å². The molecule has 37 heteroatoms. The van der Waals surface area contributed by atoms with Crippen molar-refractivity contribution in [3.8, 4) is 0 Å². The van der Waals surface area contributed by atoms with Crippen molar-refractivity contribution in [3.05, 3.63) is 182 Å². The topological polar surface area (TPSA) is 187 Å². The number of nitrogens with one attached hydrogen (secondary N) is 2. The summed E-state index contributed by atoms with van der Waals surface area (Å²) in [6, 6.07) is 10.7. The van der Waals surface area contributed by atoms with Crippen LogP contribution in [-0.4, -0.2) is 93.0 Å². The van der Waals surface area contributed by atoms with E-state index in [4.69, 9.17) is 11.6 Å². The molecule has 0 radical (unpaired) electrons. The number of halogens is 18. The van der Waals surface area contributed by atoms with Crippen LogP contribution in [-0.2, 0) is 11.8 Å². The van der Waals surface area contributed by atoms with Gasteiger partial charge in [0, 0.05) is 141 Å². The Morgan fingerprint density at radius 1 is 0.442 bits per heavy atom. The Kier molecular flexibility index (Phi) is 42.9. The molecule has 0 spiro atoms. The molecule has 0 amide bonds. The highest BCUT2D eigenvalue weighted by Crippen LogP contribution is 2.48. The fraction of sp³-hybridized carbons (Fsp3) is 0.627. The Balaban J connectivity index is 0.000000348.